The molecule has 0 aliphatic heterocycles. The standard InChI is InChI=1S/C20H26FN3O5S2/c1-5-11-30(26,27)24-19-8-6-7-18(14(19)4)22-20(25)16-12-15(9-10-17(16)21)31(28,29)23-13(2)3/h6-10,12-13,23-24H,5,11H2,1-4H3,(H,22,25). The van der Waals surface area contributed by atoms with Gasteiger partial charge in [0.15, 0.2) is 0 Å². The zero-order valence-electron chi connectivity index (χ0n) is 17.7. The Morgan fingerprint density at radius 3 is 2.32 bits per heavy atom. The summed E-state index contributed by atoms with van der Waals surface area (Å²) in [7, 11) is -7.46. The zero-order chi connectivity index (χ0) is 23.4. The molecule has 0 saturated heterocycles. The summed E-state index contributed by atoms with van der Waals surface area (Å²) in [6, 6.07) is 7.17. The summed E-state index contributed by atoms with van der Waals surface area (Å²) in [5.74, 6) is -1.81. The lowest BCUT2D eigenvalue weighted by Crippen LogP contribution is -2.30. The van der Waals surface area contributed by atoms with Crippen LogP contribution in [0.5, 0.6) is 0 Å². The van der Waals surface area contributed by atoms with Crippen molar-refractivity contribution in [2.75, 3.05) is 15.8 Å². The van der Waals surface area contributed by atoms with Gasteiger partial charge < -0.3 is 5.32 Å². The molecule has 2 rings (SSSR count). The van der Waals surface area contributed by atoms with Gasteiger partial charge in [-0.3, -0.25) is 9.52 Å². The van der Waals surface area contributed by atoms with Crippen LogP contribution in [0.15, 0.2) is 41.3 Å². The molecule has 31 heavy (non-hydrogen) atoms. The predicted octanol–water partition coefficient (Wildman–Crippen LogP) is 3.22. The number of nitrogens with one attached hydrogen (secondary N) is 3. The molecule has 11 heteroatoms. The van der Waals surface area contributed by atoms with E-state index < -0.39 is 37.3 Å². The number of benzene rings is 2. The molecule has 0 aliphatic rings. The molecule has 2 aromatic rings. The van der Waals surface area contributed by atoms with E-state index in [4.69, 9.17) is 0 Å². The molecule has 0 radical (unpaired) electrons. The van der Waals surface area contributed by atoms with Gasteiger partial charge in [-0.15, -0.1) is 0 Å². The van der Waals surface area contributed by atoms with E-state index in [0.29, 0.717) is 12.0 Å². The van der Waals surface area contributed by atoms with Gasteiger partial charge in [-0.25, -0.2) is 25.9 Å². The van der Waals surface area contributed by atoms with Gasteiger partial charge in [-0.05, 0) is 63.1 Å². The van der Waals surface area contributed by atoms with Crippen LogP contribution in [-0.2, 0) is 20.0 Å². The molecule has 0 fully saturated rings. The van der Waals surface area contributed by atoms with E-state index in [-0.39, 0.29) is 28.1 Å². The van der Waals surface area contributed by atoms with Gasteiger partial charge in [0.1, 0.15) is 5.82 Å². The molecule has 0 unspecified atom stereocenters. The molecule has 0 aromatic heterocycles. The largest absolute Gasteiger partial charge is 0.322 e. The van der Waals surface area contributed by atoms with Crippen LogP contribution in [0.1, 0.15) is 43.1 Å². The molecule has 0 bridgehead atoms. The van der Waals surface area contributed by atoms with Gasteiger partial charge in [-0.2, -0.15) is 0 Å². The highest BCUT2D eigenvalue weighted by Crippen LogP contribution is 2.25. The Hall–Kier alpha value is -2.50. The van der Waals surface area contributed by atoms with Crippen molar-refractivity contribution in [2.24, 2.45) is 0 Å². The number of carbonyl (C=O) groups excluding carboxylic acids is 1. The average Bonchev–Trinajstić information content (AvgIpc) is 2.63. The summed E-state index contributed by atoms with van der Waals surface area (Å²) in [5.41, 5.74) is 0.517. The Balaban J connectivity index is 2.34. The van der Waals surface area contributed by atoms with Gasteiger partial charge in [0.05, 0.1) is 21.9 Å². The molecular formula is C20H26FN3O5S2. The van der Waals surface area contributed by atoms with Crippen molar-refractivity contribution in [3.05, 3.63) is 53.3 Å². The van der Waals surface area contributed by atoms with E-state index in [1.54, 1.807) is 33.8 Å². The first kappa shape index (κ1) is 24.8. The number of sulfonamides is 2. The highest BCUT2D eigenvalue weighted by atomic mass is 32.2. The molecule has 8 nitrogen and oxygen atoms in total. The average molecular weight is 472 g/mol. The van der Waals surface area contributed by atoms with Crippen molar-refractivity contribution in [3.8, 4) is 0 Å². The molecule has 0 saturated carbocycles. The van der Waals surface area contributed by atoms with Crippen LogP contribution in [0, 0.1) is 12.7 Å². The summed E-state index contributed by atoms with van der Waals surface area (Å²) in [5, 5.41) is 2.52. The molecule has 1 amide bonds. The van der Waals surface area contributed by atoms with Crippen molar-refractivity contribution in [2.45, 2.75) is 45.1 Å². The van der Waals surface area contributed by atoms with Crippen LogP contribution in [-0.4, -0.2) is 34.5 Å². The van der Waals surface area contributed by atoms with Crippen LogP contribution in [0.3, 0.4) is 0 Å². The Bertz CT molecular complexity index is 1180. The van der Waals surface area contributed by atoms with E-state index in [9.17, 15) is 26.0 Å². The molecular weight excluding hydrogens is 445 g/mol. The lowest BCUT2D eigenvalue weighted by atomic mass is 10.1. The maximum absolute atomic E-state index is 14.3. The molecule has 0 heterocycles. The third-order valence-electron chi connectivity index (χ3n) is 4.20. The van der Waals surface area contributed by atoms with Crippen LogP contribution in [0.4, 0.5) is 15.8 Å². The fourth-order valence-electron chi connectivity index (χ4n) is 2.78. The van der Waals surface area contributed by atoms with Crippen molar-refractivity contribution >= 4 is 37.3 Å². The maximum Gasteiger partial charge on any atom is 0.258 e. The zero-order valence-corrected chi connectivity index (χ0v) is 19.3. The van der Waals surface area contributed by atoms with E-state index in [0.717, 1.165) is 18.2 Å². The summed E-state index contributed by atoms with van der Waals surface area (Å²) in [6.07, 6.45) is 0.439. The van der Waals surface area contributed by atoms with Crippen LogP contribution < -0.4 is 14.8 Å². The van der Waals surface area contributed by atoms with Crippen LogP contribution in [0.25, 0.3) is 0 Å². The number of hydrogen-bond acceptors (Lipinski definition) is 5. The van der Waals surface area contributed by atoms with Crippen LogP contribution in [0.2, 0.25) is 0 Å². The predicted molar refractivity (Wildman–Crippen MR) is 119 cm³/mol. The lowest BCUT2D eigenvalue weighted by Gasteiger charge is -2.15. The Kier molecular flexibility index (Phi) is 7.79. The van der Waals surface area contributed by atoms with E-state index in [1.807, 2.05) is 0 Å². The summed E-state index contributed by atoms with van der Waals surface area (Å²) < 4.78 is 67.9. The smallest absolute Gasteiger partial charge is 0.258 e. The summed E-state index contributed by atoms with van der Waals surface area (Å²) in [4.78, 5) is 12.4. The first-order valence-electron chi connectivity index (χ1n) is 9.59. The topological polar surface area (TPSA) is 121 Å². The van der Waals surface area contributed by atoms with Gasteiger partial charge in [0.2, 0.25) is 20.0 Å². The minimum absolute atomic E-state index is 0.0556. The summed E-state index contributed by atoms with van der Waals surface area (Å²) >= 11 is 0. The highest BCUT2D eigenvalue weighted by molar-refractivity contribution is 7.92. The number of halogens is 1. The summed E-state index contributed by atoms with van der Waals surface area (Å²) in [6.45, 7) is 6.61. The van der Waals surface area contributed by atoms with Gasteiger partial charge in [0.25, 0.3) is 5.91 Å². The molecule has 2 aromatic carbocycles. The maximum atomic E-state index is 14.3. The third-order valence-corrected chi connectivity index (χ3v) is 7.34. The monoisotopic (exact) mass is 471 g/mol. The molecule has 170 valence electrons. The van der Waals surface area contributed by atoms with Crippen molar-refractivity contribution in [3.63, 3.8) is 0 Å². The second-order valence-corrected chi connectivity index (χ2v) is 10.8. The first-order valence-corrected chi connectivity index (χ1v) is 12.7. The van der Waals surface area contributed by atoms with Crippen molar-refractivity contribution in [1.82, 2.24) is 4.72 Å². The van der Waals surface area contributed by atoms with Gasteiger partial charge in [0, 0.05) is 11.7 Å². The van der Waals surface area contributed by atoms with Gasteiger partial charge in [-0.1, -0.05) is 13.0 Å². The number of rotatable bonds is 9. The minimum atomic E-state index is -3.92. The van der Waals surface area contributed by atoms with Crippen molar-refractivity contribution < 1.29 is 26.0 Å². The van der Waals surface area contributed by atoms with E-state index in [2.05, 4.69) is 14.8 Å². The molecule has 0 spiro atoms. The van der Waals surface area contributed by atoms with Crippen LogP contribution >= 0.6 is 0 Å². The number of anilines is 2. The van der Waals surface area contributed by atoms with Crippen molar-refractivity contribution in [1.29, 1.82) is 0 Å². The second-order valence-electron chi connectivity index (χ2n) is 7.27. The molecule has 0 aliphatic carbocycles. The third kappa shape index (κ3) is 6.49. The SMILES string of the molecule is CCCS(=O)(=O)Nc1cccc(NC(=O)c2cc(S(=O)(=O)NC(C)C)ccc2F)c1C. The first-order chi connectivity index (χ1) is 14.4. The Morgan fingerprint density at radius 1 is 1.06 bits per heavy atom. The molecule has 3 N–H and O–H groups in total. The van der Waals surface area contributed by atoms with E-state index in [1.165, 1.54) is 12.1 Å². The minimum Gasteiger partial charge on any atom is -0.322 e. The lowest BCUT2D eigenvalue weighted by molar-refractivity contribution is 0.102. The normalized spacial score (nSPS) is 12.1. The number of amides is 1. The highest BCUT2D eigenvalue weighted by Gasteiger charge is 2.21. The Labute approximate surface area is 182 Å². The quantitative estimate of drug-likeness (QED) is 0.518. The fourth-order valence-corrected chi connectivity index (χ4v) is 5.26. The van der Waals surface area contributed by atoms with Gasteiger partial charge >= 0.3 is 0 Å². The number of hydrogen-bond donors (Lipinski definition) is 3. The Morgan fingerprint density at radius 2 is 1.71 bits per heavy atom. The second kappa shape index (κ2) is 9.75. The fraction of sp³-hybridized carbons (Fsp3) is 0.350. The number of carbonyl (C=O) groups is 1. The van der Waals surface area contributed by atoms with E-state index >= 15 is 0 Å². The molecule has 0 atom stereocenters.